The van der Waals surface area contributed by atoms with Gasteiger partial charge in [0.15, 0.2) is 0 Å². The topological polar surface area (TPSA) is 110 Å². The molecular weight excluding hydrogens is 899 g/mol. The number of aliphatic hydroxyl groups excluding tert-OH is 4. The summed E-state index contributed by atoms with van der Waals surface area (Å²) in [5, 5.41) is 44.1. The van der Waals surface area contributed by atoms with Crippen LogP contribution in [0.4, 0.5) is 0 Å². The van der Waals surface area contributed by atoms with Gasteiger partial charge in [-0.05, 0) is 96.3 Å². The first kappa shape index (κ1) is 71.0. The van der Waals surface area contributed by atoms with Gasteiger partial charge in [-0.15, -0.1) is 0 Å². The molecule has 0 saturated carbocycles. The van der Waals surface area contributed by atoms with E-state index >= 15 is 0 Å². The predicted molar refractivity (Wildman–Crippen MR) is 320 cm³/mol. The molecule has 0 rings (SSSR count). The molecule has 0 fully saturated rings. The van der Waals surface area contributed by atoms with Crippen LogP contribution in [0.15, 0.2) is 60.8 Å². The van der Waals surface area contributed by atoms with Crippen molar-refractivity contribution < 1.29 is 25.2 Å². The second-order valence-electron chi connectivity index (χ2n) is 22.1. The summed E-state index contributed by atoms with van der Waals surface area (Å²) in [6.45, 7) is 4.07. The van der Waals surface area contributed by atoms with Gasteiger partial charge in [0, 0.05) is 0 Å². The Morgan fingerprint density at radius 1 is 0.342 bits per heavy atom. The van der Waals surface area contributed by atoms with Gasteiger partial charge in [0.25, 0.3) is 0 Å². The van der Waals surface area contributed by atoms with Crippen LogP contribution in [-0.4, -0.2) is 57.3 Å². The zero-order chi connectivity index (χ0) is 53.0. The minimum atomic E-state index is -1.30. The fourth-order valence-electron chi connectivity index (χ4n) is 9.88. The maximum atomic E-state index is 12.6. The molecule has 0 aliphatic rings. The Morgan fingerprint density at radius 2 is 0.616 bits per heavy atom. The standard InChI is InChI=1S/C67H125NO5/c1-3-5-7-9-11-13-15-17-19-21-23-25-27-29-30-31-32-33-34-35-37-39-41-43-45-47-49-51-53-55-57-59-61-65(71)67(73)68-63(62-69)66(72)64(70)60-58-56-54-52-50-48-46-44-42-40-38-36-28-26-24-22-20-18-16-14-12-10-8-6-4-2/h23,25,29-30,36,38,44,46,52,54,63-66,69-72H,3-22,24,26-28,31-35,37,39-43,45,47-51,53,55-62H2,1-2H3,(H,68,73)/b25-23-,30-29-,38-36+,46-44+,54-52+. The predicted octanol–water partition coefficient (Wildman–Crippen LogP) is 19.5. The van der Waals surface area contributed by atoms with E-state index in [4.69, 9.17) is 0 Å². The maximum absolute atomic E-state index is 12.6. The van der Waals surface area contributed by atoms with Gasteiger partial charge in [-0.25, -0.2) is 0 Å². The van der Waals surface area contributed by atoms with Crippen molar-refractivity contribution in [3.63, 3.8) is 0 Å². The summed E-state index contributed by atoms with van der Waals surface area (Å²) in [5.41, 5.74) is 0. The molecule has 0 radical (unpaired) electrons. The number of rotatable bonds is 59. The molecule has 1 amide bonds. The highest BCUT2D eigenvalue weighted by Crippen LogP contribution is 2.17. The van der Waals surface area contributed by atoms with Gasteiger partial charge in [0.2, 0.25) is 5.91 Å². The van der Waals surface area contributed by atoms with Crippen molar-refractivity contribution in [1.29, 1.82) is 0 Å². The molecule has 4 atom stereocenters. The van der Waals surface area contributed by atoms with E-state index in [-0.39, 0.29) is 0 Å². The molecule has 0 spiro atoms. The molecule has 428 valence electrons. The fraction of sp³-hybridized carbons (Fsp3) is 0.836. The first-order chi connectivity index (χ1) is 36.0. The quantitative estimate of drug-likeness (QED) is 0.0308. The number of nitrogens with one attached hydrogen (secondary N) is 1. The van der Waals surface area contributed by atoms with Crippen LogP contribution in [0.25, 0.3) is 0 Å². The summed E-state index contributed by atoms with van der Waals surface area (Å²) < 4.78 is 0. The van der Waals surface area contributed by atoms with Gasteiger partial charge in [0.05, 0.1) is 18.8 Å². The Balaban J connectivity index is 3.65. The number of allylic oxidation sites excluding steroid dienone is 10. The SMILES string of the molecule is CCCCCCCCCCC/C=C\C/C=C\CCCCCCCCCCCCCCCCCCC(O)C(=O)NC(CO)C(O)C(O)CCC/C=C/CC/C=C/CC/C=C/CCCCCCCCCCCCCC. The number of unbranched alkanes of at least 4 members (excludes halogenated alkanes) is 40. The third-order valence-corrected chi connectivity index (χ3v) is 14.9. The third kappa shape index (κ3) is 54.6. The number of carbonyl (C=O) groups excluding carboxylic acids is 1. The molecule has 5 N–H and O–H groups in total. The van der Waals surface area contributed by atoms with E-state index in [0.29, 0.717) is 19.3 Å². The second-order valence-corrected chi connectivity index (χ2v) is 22.1. The van der Waals surface area contributed by atoms with Crippen LogP contribution in [0.3, 0.4) is 0 Å². The van der Waals surface area contributed by atoms with Gasteiger partial charge >= 0.3 is 0 Å². The third-order valence-electron chi connectivity index (χ3n) is 14.9. The minimum absolute atomic E-state index is 0.358. The van der Waals surface area contributed by atoms with Crippen molar-refractivity contribution in [3.8, 4) is 0 Å². The lowest BCUT2D eigenvalue weighted by atomic mass is 10.00. The van der Waals surface area contributed by atoms with Crippen LogP contribution in [0.5, 0.6) is 0 Å². The van der Waals surface area contributed by atoms with Crippen molar-refractivity contribution in [2.45, 2.75) is 353 Å². The summed E-state index contributed by atoms with van der Waals surface area (Å²) in [5.74, 6) is -0.597. The van der Waals surface area contributed by atoms with Crippen molar-refractivity contribution in [2.24, 2.45) is 0 Å². The molecule has 0 aromatic heterocycles. The smallest absolute Gasteiger partial charge is 0.249 e. The van der Waals surface area contributed by atoms with Gasteiger partial charge < -0.3 is 25.7 Å². The Hall–Kier alpha value is -1.99. The first-order valence-electron chi connectivity index (χ1n) is 32.2. The van der Waals surface area contributed by atoms with E-state index < -0.39 is 36.9 Å². The molecule has 73 heavy (non-hydrogen) atoms. The molecular formula is C67H125NO5. The van der Waals surface area contributed by atoms with Crippen molar-refractivity contribution in [3.05, 3.63) is 60.8 Å². The van der Waals surface area contributed by atoms with Crippen LogP contribution in [0.1, 0.15) is 328 Å². The molecule has 0 aliphatic heterocycles. The van der Waals surface area contributed by atoms with Crippen LogP contribution < -0.4 is 5.32 Å². The molecule has 6 heteroatoms. The van der Waals surface area contributed by atoms with Gasteiger partial charge in [-0.2, -0.15) is 0 Å². The summed E-state index contributed by atoms with van der Waals surface area (Å²) in [6.07, 6.45) is 80.3. The highest BCUT2D eigenvalue weighted by atomic mass is 16.3. The van der Waals surface area contributed by atoms with Gasteiger partial charge in [-0.3, -0.25) is 4.79 Å². The van der Waals surface area contributed by atoms with E-state index in [9.17, 15) is 25.2 Å². The maximum Gasteiger partial charge on any atom is 0.249 e. The molecule has 6 nitrogen and oxygen atoms in total. The first-order valence-corrected chi connectivity index (χ1v) is 32.2. The molecule has 0 aromatic rings. The van der Waals surface area contributed by atoms with Crippen LogP contribution in [0.2, 0.25) is 0 Å². The highest BCUT2D eigenvalue weighted by Gasteiger charge is 2.28. The van der Waals surface area contributed by atoms with Crippen molar-refractivity contribution in [2.75, 3.05) is 6.61 Å². The minimum Gasteiger partial charge on any atom is -0.394 e. The molecule has 0 heterocycles. The normalized spacial score (nSPS) is 14.0. The molecule has 0 saturated heterocycles. The molecule has 4 unspecified atom stereocenters. The lowest BCUT2D eigenvalue weighted by molar-refractivity contribution is -0.132. The summed E-state index contributed by atoms with van der Waals surface area (Å²) in [6, 6.07) is -1.01. The van der Waals surface area contributed by atoms with E-state index in [2.05, 4.69) is 79.9 Å². The van der Waals surface area contributed by atoms with Crippen LogP contribution >= 0.6 is 0 Å². The Bertz CT molecular complexity index is 1240. The fourth-order valence-corrected chi connectivity index (χ4v) is 9.88. The van der Waals surface area contributed by atoms with E-state index in [1.54, 1.807) is 0 Å². The average Bonchev–Trinajstić information content (AvgIpc) is 3.40. The Morgan fingerprint density at radius 3 is 0.945 bits per heavy atom. The number of amides is 1. The summed E-state index contributed by atoms with van der Waals surface area (Å²) in [4.78, 5) is 12.6. The lowest BCUT2D eigenvalue weighted by Gasteiger charge is -2.27. The number of carbonyl (C=O) groups is 1. The Kier molecular flexibility index (Phi) is 59.2. The highest BCUT2D eigenvalue weighted by molar-refractivity contribution is 5.80. The zero-order valence-corrected chi connectivity index (χ0v) is 48.6. The van der Waals surface area contributed by atoms with Crippen molar-refractivity contribution >= 4 is 5.91 Å². The number of aliphatic hydroxyl groups is 4. The summed E-state index contributed by atoms with van der Waals surface area (Å²) >= 11 is 0. The molecule has 0 aliphatic carbocycles. The van der Waals surface area contributed by atoms with E-state index in [1.165, 1.54) is 238 Å². The number of hydrogen-bond acceptors (Lipinski definition) is 5. The average molecular weight is 1020 g/mol. The number of hydrogen-bond donors (Lipinski definition) is 5. The molecule has 0 aromatic carbocycles. The van der Waals surface area contributed by atoms with Crippen molar-refractivity contribution in [1.82, 2.24) is 5.32 Å². The van der Waals surface area contributed by atoms with Gasteiger partial charge in [-0.1, -0.05) is 293 Å². The van der Waals surface area contributed by atoms with E-state index in [1.807, 2.05) is 0 Å². The van der Waals surface area contributed by atoms with Gasteiger partial charge in [0.1, 0.15) is 12.2 Å². The lowest BCUT2D eigenvalue weighted by Crippen LogP contribution is -2.53. The monoisotopic (exact) mass is 1020 g/mol. The van der Waals surface area contributed by atoms with Crippen LogP contribution in [0, 0.1) is 0 Å². The zero-order valence-electron chi connectivity index (χ0n) is 48.6. The Labute approximate surface area is 454 Å². The van der Waals surface area contributed by atoms with E-state index in [0.717, 1.165) is 57.8 Å². The molecule has 0 bridgehead atoms. The second kappa shape index (κ2) is 60.9. The summed E-state index contributed by atoms with van der Waals surface area (Å²) in [7, 11) is 0. The van der Waals surface area contributed by atoms with Crippen LogP contribution in [-0.2, 0) is 4.79 Å². The largest absolute Gasteiger partial charge is 0.394 e.